The number of amides is 1. The van der Waals surface area contributed by atoms with Gasteiger partial charge in [-0.1, -0.05) is 13.8 Å². The monoisotopic (exact) mass is 279 g/mol. The number of nitrogens with zero attached hydrogens (tertiary/aromatic N) is 3. The van der Waals surface area contributed by atoms with E-state index in [0.29, 0.717) is 6.54 Å². The maximum Gasteiger partial charge on any atom is 0.307 e. The molecule has 1 aliphatic carbocycles. The highest BCUT2D eigenvalue weighted by molar-refractivity contribution is 5.91. The molecule has 0 saturated heterocycles. The summed E-state index contributed by atoms with van der Waals surface area (Å²) in [6.45, 7) is 5.10. The Morgan fingerprint density at radius 2 is 2.10 bits per heavy atom. The van der Waals surface area contributed by atoms with Gasteiger partial charge in [0.25, 0.3) is 0 Å². The van der Waals surface area contributed by atoms with Gasteiger partial charge in [-0.3, -0.25) is 9.59 Å². The highest BCUT2D eigenvalue weighted by atomic mass is 16.4. The molecule has 2 atom stereocenters. The van der Waals surface area contributed by atoms with Gasteiger partial charge in [-0.2, -0.15) is 0 Å². The molecule has 1 aliphatic rings. The lowest BCUT2D eigenvalue weighted by Crippen LogP contribution is -2.31. The number of aromatic nitrogens is 2. The molecule has 1 aromatic rings. The molecule has 0 aromatic carbocycles. The normalized spacial score (nSPS) is 23.4. The number of hydrogen-bond acceptors (Lipinski definition) is 3. The largest absolute Gasteiger partial charge is 0.481 e. The van der Waals surface area contributed by atoms with Crippen molar-refractivity contribution in [1.29, 1.82) is 0 Å². The predicted octanol–water partition coefficient (Wildman–Crippen LogP) is 1.09. The van der Waals surface area contributed by atoms with Crippen LogP contribution in [0.2, 0.25) is 0 Å². The maximum absolute atomic E-state index is 12.3. The van der Waals surface area contributed by atoms with Crippen LogP contribution in [0.5, 0.6) is 0 Å². The second-order valence-electron chi connectivity index (χ2n) is 6.03. The van der Waals surface area contributed by atoms with Crippen LogP contribution in [0.25, 0.3) is 0 Å². The van der Waals surface area contributed by atoms with Crippen molar-refractivity contribution >= 4 is 11.9 Å². The van der Waals surface area contributed by atoms with Gasteiger partial charge in [0.1, 0.15) is 0 Å². The molecular weight excluding hydrogens is 258 g/mol. The van der Waals surface area contributed by atoms with Crippen molar-refractivity contribution in [2.75, 3.05) is 13.6 Å². The van der Waals surface area contributed by atoms with E-state index in [4.69, 9.17) is 5.11 Å². The van der Waals surface area contributed by atoms with E-state index in [-0.39, 0.29) is 5.91 Å². The van der Waals surface area contributed by atoms with Gasteiger partial charge in [-0.05, 0) is 11.8 Å². The van der Waals surface area contributed by atoms with E-state index in [9.17, 15) is 9.59 Å². The van der Waals surface area contributed by atoms with Crippen LogP contribution in [0.1, 0.15) is 20.3 Å². The van der Waals surface area contributed by atoms with Gasteiger partial charge in [0.05, 0.1) is 18.2 Å². The third-order valence-electron chi connectivity index (χ3n) is 4.20. The minimum absolute atomic E-state index is 0.0620. The van der Waals surface area contributed by atoms with E-state index in [1.54, 1.807) is 24.5 Å². The molecule has 20 heavy (non-hydrogen) atoms. The average molecular weight is 279 g/mol. The zero-order chi connectivity index (χ0) is 14.9. The van der Waals surface area contributed by atoms with Crippen molar-refractivity contribution in [2.24, 2.45) is 17.3 Å². The number of imidazole rings is 1. The number of carbonyl (C=O) groups is 2. The van der Waals surface area contributed by atoms with E-state index < -0.39 is 23.2 Å². The highest BCUT2D eigenvalue weighted by Crippen LogP contribution is 2.58. The highest BCUT2D eigenvalue weighted by Gasteiger charge is 2.66. The van der Waals surface area contributed by atoms with Crippen LogP contribution >= 0.6 is 0 Å². The molecule has 1 aromatic heterocycles. The minimum Gasteiger partial charge on any atom is -0.481 e. The average Bonchev–Trinajstić information content (AvgIpc) is 2.76. The molecule has 6 nitrogen and oxygen atoms in total. The molecule has 110 valence electrons. The van der Waals surface area contributed by atoms with Crippen LogP contribution in [0.3, 0.4) is 0 Å². The fraction of sp³-hybridized carbons (Fsp3) is 0.643. The van der Waals surface area contributed by atoms with E-state index in [2.05, 4.69) is 4.98 Å². The summed E-state index contributed by atoms with van der Waals surface area (Å²) in [6.07, 6.45) is 6.17. The van der Waals surface area contributed by atoms with Crippen LogP contribution in [0, 0.1) is 17.3 Å². The number of carbonyl (C=O) groups excluding carboxylic acids is 1. The Kier molecular flexibility index (Phi) is 3.83. The first-order valence-corrected chi connectivity index (χ1v) is 6.79. The predicted molar refractivity (Wildman–Crippen MR) is 72.9 cm³/mol. The standard InChI is InChI=1S/C14H21N3O3/c1-14(2)10(11(14)13(19)20)12(18)16(3)6-4-7-17-8-5-15-9-17/h5,8-11H,4,6-7H2,1-3H3,(H,19,20)/t10-,11+/m0/s1. The summed E-state index contributed by atoms with van der Waals surface area (Å²) < 4.78 is 1.96. The summed E-state index contributed by atoms with van der Waals surface area (Å²) in [5.41, 5.74) is -0.429. The quantitative estimate of drug-likeness (QED) is 0.845. The molecule has 0 spiro atoms. The van der Waals surface area contributed by atoms with Gasteiger partial charge in [-0.25, -0.2) is 4.98 Å². The van der Waals surface area contributed by atoms with Crippen molar-refractivity contribution in [3.05, 3.63) is 18.7 Å². The number of rotatable bonds is 6. The molecule has 1 amide bonds. The van der Waals surface area contributed by atoms with Crippen LogP contribution < -0.4 is 0 Å². The van der Waals surface area contributed by atoms with Gasteiger partial charge < -0.3 is 14.6 Å². The number of carboxylic acid groups (broad SMARTS) is 1. The first-order valence-electron chi connectivity index (χ1n) is 6.79. The topological polar surface area (TPSA) is 75.4 Å². The molecule has 0 aliphatic heterocycles. The van der Waals surface area contributed by atoms with Gasteiger partial charge in [-0.15, -0.1) is 0 Å². The number of aliphatic carboxylic acids is 1. The number of carboxylic acids is 1. The Morgan fingerprint density at radius 3 is 2.60 bits per heavy atom. The zero-order valence-corrected chi connectivity index (χ0v) is 12.1. The third kappa shape index (κ3) is 2.69. The molecule has 1 fully saturated rings. The zero-order valence-electron chi connectivity index (χ0n) is 12.1. The van der Waals surface area contributed by atoms with Gasteiger partial charge in [0.2, 0.25) is 5.91 Å². The Labute approximate surface area is 118 Å². The molecule has 0 unspecified atom stereocenters. The first kappa shape index (κ1) is 14.6. The second kappa shape index (κ2) is 5.26. The number of aryl methyl sites for hydroxylation is 1. The first-order chi connectivity index (χ1) is 9.35. The molecule has 6 heteroatoms. The van der Waals surface area contributed by atoms with E-state index in [0.717, 1.165) is 13.0 Å². The Balaban J connectivity index is 1.82. The van der Waals surface area contributed by atoms with Crippen molar-refractivity contribution in [3.63, 3.8) is 0 Å². The summed E-state index contributed by atoms with van der Waals surface area (Å²) in [5, 5.41) is 9.11. The van der Waals surface area contributed by atoms with E-state index in [1.807, 2.05) is 24.6 Å². The lowest BCUT2D eigenvalue weighted by molar-refractivity contribution is -0.141. The van der Waals surface area contributed by atoms with E-state index >= 15 is 0 Å². The van der Waals surface area contributed by atoms with Crippen LogP contribution in [-0.2, 0) is 16.1 Å². The van der Waals surface area contributed by atoms with E-state index in [1.165, 1.54) is 0 Å². The van der Waals surface area contributed by atoms with Crippen molar-refractivity contribution < 1.29 is 14.7 Å². The molecular formula is C14H21N3O3. The summed E-state index contributed by atoms with van der Waals surface area (Å²) in [4.78, 5) is 29.0. The number of hydrogen-bond donors (Lipinski definition) is 1. The van der Waals surface area contributed by atoms with Crippen molar-refractivity contribution in [2.45, 2.75) is 26.8 Å². The smallest absolute Gasteiger partial charge is 0.307 e. The maximum atomic E-state index is 12.3. The molecule has 1 saturated carbocycles. The molecule has 0 bridgehead atoms. The Bertz CT molecular complexity index is 496. The minimum atomic E-state index is -0.875. The summed E-state index contributed by atoms with van der Waals surface area (Å²) in [5.74, 6) is -1.88. The third-order valence-corrected chi connectivity index (χ3v) is 4.20. The fourth-order valence-electron chi connectivity index (χ4n) is 2.82. The van der Waals surface area contributed by atoms with Crippen LogP contribution in [-0.4, -0.2) is 45.0 Å². The Morgan fingerprint density at radius 1 is 1.40 bits per heavy atom. The summed E-state index contributed by atoms with van der Waals surface area (Å²) >= 11 is 0. The molecule has 0 radical (unpaired) electrons. The lowest BCUT2D eigenvalue weighted by Gasteiger charge is -2.18. The Hall–Kier alpha value is -1.85. The van der Waals surface area contributed by atoms with Gasteiger partial charge >= 0.3 is 5.97 Å². The van der Waals surface area contributed by atoms with Crippen molar-refractivity contribution in [3.8, 4) is 0 Å². The molecule has 1 heterocycles. The SMILES string of the molecule is CN(CCCn1ccnc1)C(=O)[C@@H]1[C@H](C(=O)O)C1(C)C. The molecule has 2 rings (SSSR count). The van der Waals surface area contributed by atoms with Crippen molar-refractivity contribution in [1.82, 2.24) is 14.5 Å². The summed E-state index contributed by atoms with van der Waals surface area (Å²) in [7, 11) is 1.74. The summed E-state index contributed by atoms with van der Waals surface area (Å²) in [6, 6.07) is 0. The van der Waals surface area contributed by atoms with Crippen LogP contribution in [0.4, 0.5) is 0 Å². The van der Waals surface area contributed by atoms with Gasteiger partial charge in [0, 0.05) is 32.5 Å². The fourth-order valence-corrected chi connectivity index (χ4v) is 2.82. The van der Waals surface area contributed by atoms with Gasteiger partial charge in [0.15, 0.2) is 0 Å². The second-order valence-corrected chi connectivity index (χ2v) is 6.03. The lowest BCUT2D eigenvalue weighted by atomic mass is 10.1. The molecule has 1 N–H and O–H groups in total. The van der Waals surface area contributed by atoms with Crippen LogP contribution in [0.15, 0.2) is 18.7 Å².